The van der Waals surface area contributed by atoms with Crippen LogP contribution in [-0.2, 0) is 6.54 Å². The zero-order valence-electron chi connectivity index (χ0n) is 14.6. The maximum absolute atomic E-state index is 4.87. The Morgan fingerprint density at radius 2 is 1.44 bits per heavy atom. The number of rotatable bonds is 4. The van der Waals surface area contributed by atoms with Gasteiger partial charge in [-0.2, -0.15) is 5.10 Å². The average molecular weight is 351 g/mol. The lowest BCUT2D eigenvalue weighted by Gasteiger charge is -2.03. The first-order valence-corrected chi connectivity index (χ1v) is 8.86. The molecule has 0 radical (unpaired) electrons. The molecular weight excluding hydrogens is 334 g/mol. The minimum absolute atomic E-state index is 0.609. The fraction of sp³-hybridized carbons (Fsp3) is 0.0455. The van der Waals surface area contributed by atoms with E-state index in [-0.39, 0.29) is 0 Å². The molecule has 0 amide bonds. The van der Waals surface area contributed by atoms with E-state index in [1.807, 2.05) is 70.0 Å². The van der Waals surface area contributed by atoms with E-state index in [1.165, 1.54) is 0 Å². The molecule has 130 valence electrons. The second-order valence-electron chi connectivity index (χ2n) is 6.38. The molecule has 0 aliphatic rings. The molecule has 0 fully saturated rings. The van der Waals surface area contributed by atoms with Crippen LogP contribution in [0.15, 0.2) is 91.1 Å². The van der Waals surface area contributed by atoms with E-state index < -0.39 is 0 Å². The van der Waals surface area contributed by atoms with Crippen molar-refractivity contribution < 1.29 is 0 Å². The summed E-state index contributed by atoms with van der Waals surface area (Å²) >= 11 is 0. The van der Waals surface area contributed by atoms with Crippen LogP contribution in [0, 0.1) is 0 Å². The van der Waals surface area contributed by atoms with Crippen LogP contribution in [0.25, 0.3) is 28.0 Å². The molecule has 0 saturated heterocycles. The van der Waals surface area contributed by atoms with Gasteiger partial charge in [-0.05, 0) is 24.3 Å². The molecule has 5 aromatic rings. The molecule has 5 rings (SSSR count). The van der Waals surface area contributed by atoms with Gasteiger partial charge in [-0.1, -0.05) is 65.9 Å². The zero-order chi connectivity index (χ0) is 18.1. The van der Waals surface area contributed by atoms with Crippen molar-refractivity contribution in [1.82, 2.24) is 24.8 Å². The van der Waals surface area contributed by atoms with Gasteiger partial charge < -0.3 is 0 Å². The van der Waals surface area contributed by atoms with Crippen LogP contribution in [-0.4, -0.2) is 24.8 Å². The molecule has 5 nitrogen and oxygen atoms in total. The van der Waals surface area contributed by atoms with Crippen molar-refractivity contribution in [2.75, 3.05) is 0 Å². The third-order valence-electron chi connectivity index (χ3n) is 4.60. The SMILES string of the molecule is c1ccc(-c2nn(-c3ccccc3)cc2Cn2nnc3ccccc32)cc1. The summed E-state index contributed by atoms with van der Waals surface area (Å²) in [7, 11) is 0. The summed E-state index contributed by atoms with van der Waals surface area (Å²) in [4.78, 5) is 0. The van der Waals surface area contributed by atoms with Crippen LogP contribution in [0.4, 0.5) is 0 Å². The third-order valence-corrected chi connectivity index (χ3v) is 4.60. The Bertz CT molecular complexity index is 1190. The van der Waals surface area contributed by atoms with Crippen LogP contribution in [0.5, 0.6) is 0 Å². The first-order chi connectivity index (χ1) is 13.4. The molecule has 0 unspecified atom stereocenters. The highest BCUT2D eigenvalue weighted by atomic mass is 15.4. The van der Waals surface area contributed by atoms with Crippen molar-refractivity contribution in [2.24, 2.45) is 0 Å². The number of hydrogen-bond donors (Lipinski definition) is 0. The van der Waals surface area contributed by atoms with E-state index in [1.54, 1.807) is 0 Å². The lowest BCUT2D eigenvalue weighted by molar-refractivity contribution is 0.670. The Kier molecular flexibility index (Phi) is 3.76. The molecule has 3 aromatic carbocycles. The van der Waals surface area contributed by atoms with Crippen LogP contribution in [0.2, 0.25) is 0 Å². The number of para-hydroxylation sites is 2. The number of hydrogen-bond acceptors (Lipinski definition) is 3. The van der Waals surface area contributed by atoms with Gasteiger partial charge in [0.1, 0.15) is 5.52 Å². The van der Waals surface area contributed by atoms with Crippen molar-refractivity contribution in [3.8, 4) is 16.9 Å². The number of nitrogens with zero attached hydrogens (tertiary/aromatic N) is 5. The summed E-state index contributed by atoms with van der Waals surface area (Å²) < 4.78 is 3.85. The maximum atomic E-state index is 4.87. The van der Waals surface area contributed by atoms with Gasteiger partial charge >= 0.3 is 0 Å². The molecule has 0 aliphatic carbocycles. The zero-order valence-corrected chi connectivity index (χ0v) is 14.6. The van der Waals surface area contributed by atoms with Crippen LogP contribution < -0.4 is 0 Å². The summed E-state index contributed by atoms with van der Waals surface area (Å²) in [6.07, 6.45) is 2.08. The molecule has 0 N–H and O–H groups in total. The maximum Gasteiger partial charge on any atom is 0.113 e. The van der Waals surface area contributed by atoms with Gasteiger partial charge in [-0.25, -0.2) is 9.36 Å². The van der Waals surface area contributed by atoms with Gasteiger partial charge in [-0.15, -0.1) is 5.10 Å². The minimum atomic E-state index is 0.609. The monoisotopic (exact) mass is 351 g/mol. The highest BCUT2D eigenvalue weighted by molar-refractivity contribution is 5.74. The highest BCUT2D eigenvalue weighted by Crippen LogP contribution is 2.25. The summed E-state index contributed by atoms with van der Waals surface area (Å²) in [6.45, 7) is 0.609. The number of benzene rings is 3. The normalized spacial score (nSPS) is 11.1. The van der Waals surface area contributed by atoms with Gasteiger partial charge in [0.25, 0.3) is 0 Å². The summed E-state index contributed by atoms with van der Waals surface area (Å²) in [5.74, 6) is 0. The van der Waals surface area contributed by atoms with Crippen LogP contribution in [0.3, 0.4) is 0 Å². The van der Waals surface area contributed by atoms with E-state index in [4.69, 9.17) is 5.10 Å². The van der Waals surface area contributed by atoms with E-state index in [2.05, 4.69) is 40.8 Å². The lowest BCUT2D eigenvalue weighted by atomic mass is 10.1. The number of fused-ring (bicyclic) bond motifs is 1. The second kappa shape index (κ2) is 6.53. The summed E-state index contributed by atoms with van der Waals surface area (Å²) in [6, 6.07) is 28.4. The molecule has 2 aromatic heterocycles. The van der Waals surface area contributed by atoms with Crippen LogP contribution in [0.1, 0.15) is 5.56 Å². The van der Waals surface area contributed by atoms with Gasteiger partial charge in [0.15, 0.2) is 0 Å². The van der Waals surface area contributed by atoms with E-state index in [0.717, 1.165) is 33.5 Å². The summed E-state index contributed by atoms with van der Waals surface area (Å²) in [5, 5.41) is 13.5. The molecule has 0 saturated carbocycles. The summed E-state index contributed by atoms with van der Waals surface area (Å²) in [5.41, 5.74) is 6.09. The standard InChI is InChI=1S/C22H17N5/c1-3-9-17(10-4-1)22-18(15-26(24-22)19-11-5-2-6-12-19)16-27-21-14-8-7-13-20(21)23-25-27/h1-15H,16H2. The highest BCUT2D eigenvalue weighted by Gasteiger charge is 2.14. The molecule has 0 bridgehead atoms. The van der Waals surface area contributed by atoms with Gasteiger partial charge in [0.2, 0.25) is 0 Å². The molecule has 0 aliphatic heterocycles. The quantitative estimate of drug-likeness (QED) is 0.484. The van der Waals surface area contributed by atoms with E-state index in [9.17, 15) is 0 Å². The van der Waals surface area contributed by atoms with Crippen molar-refractivity contribution in [3.63, 3.8) is 0 Å². The van der Waals surface area contributed by atoms with Gasteiger partial charge in [0, 0.05) is 17.3 Å². The van der Waals surface area contributed by atoms with E-state index in [0.29, 0.717) is 6.54 Å². The molecule has 0 atom stereocenters. The fourth-order valence-corrected chi connectivity index (χ4v) is 3.27. The molecule has 0 spiro atoms. The largest absolute Gasteiger partial charge is 0.240 e. The molecule has 2 heterocycles. The van der Waals surface area contributed by atoms with E-state index >= 15 is 0 Å². The van der Waals surface area contributed by atoms with Crippen molar-refractivity contribution in [2.45, 2.75) is 6.54 Å². The van der Waals surface area contributed by atoms with Crippen molar-refractivity contribution in [3.05, 3.63) is 96.7 Å². The number of aromatic nitrogens is 5. The Hall–Kier alpha value is -3.73. The third kappa shape index (κ3) is 2.89. The first kappa shape index (κ1) is 15.5. The van der Waals surface area contributed by atoms with Crippen LogP contribution >= 0.6 is 0 Å². The Morgan fingerprint density at radius 1 is 0.741 bits per heavy atom. The Morgan fingerprint density at radius 3 is 2.26 bits per heavy atom. The molecule has 5 heteroatoms. The topological polar surface area (TPSA) is 48.5 Å². The molecular formula is C22H17N5. The van der Waals surface area contributed by atoms with Crippen molar-refractivity contribution >= 4 is 11.0 Å². The first-order valence-electron chi connectivity index (χ1n) is 8.86. The predicted octanol–water partition coefficient (Wildman–Crippen LogP) is 4.33. The lowest BCUT2D eigenvalue weighted by Crippen LogP contribution is -2.02. The minimum Gasteiger partial charge on any atom is -0.240 e. The van der Waals surface area contributed by atoms with Gasteiger partial charge in [0.05, 0.1) is 23.4 Å². The van der Waals surface area contributed by atoms with Gasteiger partial charge in [-0.3, -0.25) is 0 Å². The van der Waals surface area contributed by atoms with Crippen molar-refractivity contribution in [1.29, 1.82) is 0 Å². The average Bonchev–Trinajstić information content (AvgIpc) is 3.35. The molecule has 27 heavy (non-hydrogen) atoms. The Balaban J connectivity index is 1.63. The predicted molar refractivity (Wildman–Crippen MR) is 106 cm³/mol. The second-order valence-corrected chi connectivity index (χ2v) is 6.38. The fourth-order valence-electron chi connectivity index (χ4n) is 3.27. The Labute approximate surface area is 156 Å². The smallest absolute Gasteiger partial charge is 0.113 e.